The van der Waals surface area contributed by atoms with Crippen molar-refractivity contribution < 1.29 is 9.53 Å². The van der Waals surface area contributed by atoms with E-state index in [9.17, 15) is 4.79 Å². The third kappa shape index (κ3) is 3.41. The van der Waals surface area contributed by atoms with Gasteiger partial charge in [0.15, 0.2) is 0 Å². The highest BCUT2D eigenvalue weighted by atomic mass is 16.5. The van der Waals surface area contributed by atoms with Gasteiger partial charge in [0.2, 0.25) is 0 Å². The Hall–Kier alpha value is -3.41. The summed E-state index contributed by atoms with van der Waals surface area (Å²) in [6.45, 7) is 3.62. The number of aromatic amines is 1. The first kappa shape index (κ1) is 18.0. The molecule has 1 N–H and O–H groups in total. The van der Waals surface area contributed by atoms with Crippen molar-refractivity contribution in [3.8, 4) is 5.75 Å². The maximum absolute atomic E-state index is 13.1. The van der Waals surface area contributed by atoms with Crippen molar-refractivity contribution >= 4 is 28.6 Å². The monoisotopic (exact) mass is 374 g/mol. The molecule has 142 valence electrons. The average Bonchev–Trinajstić information content (AvgIpc) is 3.40. The minimum atomic E-state index is -0.0414. The Morgan fingerprint density at radius 1 is 1.29 bits per heavy atom. The third-order valence-corrected chi connectivity index (χ3v) is 4.83. The summed E-state index contributed by atoms with van der Waals surface area (Å²) in [4.78, 5) is 19.0. The number of ether oxygens (including phenoxy) is 1. The summed E-state index contributed by atoms with van der Waals surface area (Å²) in [7, 11) is 1.81. The molecule has 0 atom stereocenters. The van der Waals surface area contributed by atoms with E-state index in [1.165, 1.54) is 0 Å². The van der Waals surface area contributed by atoms with Gasteiger partial charge in [-0.05, 0) is 42.3 Å². The first-order chi connectivity index (χ1) is 13.7. The second-order valence-electron chi connectivity index (χ2n) is 6.74. The Bertz CT molecular complexity index is 1080. The van der Waals surface area contributed by atoms with Crippen molar-refractivity contribution in [3.05, 3.63) is 65.4 Å². The molecule has 1 aliphatic heterocycles. The second-order valence-corrected chi connectivity index (χ2v) is 6.74. The van der Waals surface area contributed by atoms with E-state index < -0.39 is 0 Å². The summed E-state index contributed by atoms with van der Waals surface area (Å²) in [6, 6.07) is 11.6. The highest BCUT2D eigenvalue weighted by Gasteiger charge is 2.18. The second kappa shape index (κ2) is 7.68. The molecule has 1 amide bonds. The number of para-hydroxylation sites is 1. The number of H-pyrrole nitrogens is 1. The molecule has 0 fully saturated rings. The Morgan fingerprint density at radius 3 is 2.96 bits per heavy atom. The first-order valence-corrected chi connectivity index (χ1v) is 9.30. The maximum atomic E-state index is 13.1. The summed E-state index contributed by atoms with van der Waals surface area (Å²) in [5.41, 5.74) is 4.61. The molecule has 2 heterocycles. The molecule has 0 bridgehead atoms. The number of hydrogen-bond donors (Lipinski definition) is 1. The Labute approximate surface area is 163 Å². The molecule has 1 aromatic heterocycles. The van der Waals surface area contributed by atoms with Gasteiger partial charge in [-0.2, -0.15) is 5.10 Å². The van der Waals surface area contributed by atoms with Gasteiger partial charge >= 0.3 is 0 Å². The van der Waals surface area contributed by atoms with Crippen LogP contribution in [0.4, 0.5) is 0 Å². The number of carbonyl (C=O) groups is 1. The standard InChI is InChI=1S/C22H22N4O2/c1-3-28-20-8-7-15(11-19(20)16-9-10-23-12-16)22(27)26(2)14-18-6-4-5-17-13-24-25-21(17)18/h4-11,13H,3,12,14H2,1-2H3,(H,24,25). The van der Waals surface area contributed by atoms with Crippen molar-refractivity contribution in [2.75, 3.05) is 20.2 Å². The number of aliphatic imine (C=N–C) groups is 1. The number of benzene rings is 2. The summed E-state index contributed by atoms with van der Waals surface area (Å²) in [5, 5.41) is 8.15. The van der Waals surface area contributed by atoms with Crippen molar-refractivity contribution in [2.24, 2.45) is 4.99 Å². The van der Waals surface area contributed by atoms with Crippen molar-refractivity contribution in [3.63, 3.8) is 0 Å². The van der Waals surface area contributed by atoms with Gasteiger partial charge in [0.05, 0.1) is 24.9 Å². The fourth-order valence-corrected chi connectivity index (χ4v) is 3.43. The van der Waals surface area contributed by atoms with E-state index in [-0.39, 0.29) is 5.91 Å². The van der Waals surface area contributed by atoms with Gasteiger partial charge < -0.3 is 9.64 Å². The number of fused-ring (bicyclic) bond motifs is 1. The fraction of sp³-hybridized carbons (Fsp3) is 0.227. The zero-order valence-electron chi connectivity index (χ0n) is 16.0. The van der Waals surface area contributed by atoms with Crippen molar-refractivity contribution in [2.45, 2.75) is 13.5 Å². The summed E-state index contributed by atoms with van der Waals surface area (Å²) >= 11 is 0. The molecular weight excluding hydrogens is 352 g/mol. The predicted molar refractivity (Wildman–Crippen MR) is 111 cm³/mol. The summed E-state index contributed by atoms with van der Waals surface area (Å²) in [5.74, 6) is 0.737. The van der Waals surface area contributed by atoms with Gasteiger partial charge in [-0.15, -0.1) is 0 Å². The van der Waals surface area contributed by atoms with Crippen LogP contribution in [0, 0.1) is 0 Å². The van der Waals surface area contributed by atoms with Gasteiger partial charge in [0.25, 0.3) is 5.91 Å². The maximum Gasteiger partial charge on any atom is 0.253 e. The summed E-state index contributed by atoms with van der Waals surface area (Å²) < 4.78 is 5.75. The summed E-state index contributed by atoms with van der Waals surface area (Å²) in [6.07, 6.45) is 5.54. The molecule has 0 unspecified atom stereocenters. The predicted octanol–water partition coefficient (Wildman–Crippen LogP) is 3.70. The minimum Gasteiger partial charge on any atom is -0.493 e. The van der Waals surface area contributed by atoms with Crippen molar-refractivity contribution in [1.82, 2.24) is 15.1 Å². The smallest absolute Gasteiger partial charge is 0.253 e. The zero-order chi connectivity index (χ0) is 19.5. The molecule has 3 aromatic rings. The molecule has 4 rings (SSSR count). The largest absolute Gasteiger partial charge is 0.493 e. The number of carbonyl (C=O) groups excluding carboxylic acids is 1. The third-order valence-electron chi connectivity index (χ3n) is 4.83. The number of aromatic nitrogens is 2. The molecule has 0 saturated heterocycles. The van der Waals surface area contributed by atoms with Crippen LogP contribution in [-0.4, -0.2) is 47.4 Å². The Morgan fingerprint density at radius 2 is 2.18 bits per heavy atom. The van der Waals surface area contributed by atoms with Gasteiger partial charge in [0.1, 0.15) is 5.75 Å². The molecule has 6 heteroatoms. The van der Waals surface area contributed by atoms with Crippen LogP contribution in [0.25, 0.3) is 16.5 Å². The van der Waals surface area contributed by atoms with E-state index in [4.69, 9.17) is 4.74 Å². The average molecular weight is 374 g/mol. The number of amides is 1. The molecule has 0 spiro atoms. The minimum absolute atomic E-state index is 0.0414. The first-order valence-electron chi connectivity index (χ1n) is 9.30. The highest BCUT2D eigenvalue weighted by molar-refractivity contribution is 5.97. The van der Waals surface area contributed by atoms with E-state index >= 15 is 0 Å². The quantitative estimate of drug-likeness (QED) is 0.715. The van der Waals surface area contributed by atoms with E-state index in [1.807, 2.05) is 56.4 Å². The molecular formula is C22H22N4O2. The lowest BCUT2D eigenvalue weighted by Gasteiger charge is -2.19. The van der Waals surface area contributed by atoms with Crippen LogP contribution in [0.3, 0.4) is 0 Å². The number of nitrogens with zero attached hydrogens (tertiary/aromatic N) is 3. The lowest BCUT2D eigenvalue weighted by atomic mass is 10.0. The topological polar surface area (TPSA) is 70.6 Å². The molecule has 6 nitrogen and oxygen atoms in total. The molecule has 0 saturated carbocycles. The van der Waals surface area contributed by atoms with Gasteiger partial charge in [-0.3, -0.25) is 14.9 Å². The number of rotatable bonds is 6. The molecule has 2 aromatic carbocycles. The Balaban J connectivity index is 1.60. The van der Waals surface area contributed by atoms with Crippen LogP contribution in [0.15, 0.2) is 53.7 Å². The lowest BCUT2D eigenvalue weighted by molar-refractivity contribution is 0.0785. The van der Waals surface area contributed by atoms with Crippen LogP contribution in [0.5, 0.6) is 5.75 Å². The normalized spacial score (nSPS) is 13.0. The molecule has 1 aliphatic rings. The Kier molecular flexibility index (Phi) is 4.93. The lowest BCUT2D eigenvalue weighted by Crippen LogP contribution is -2.26. The van der Waals surface area contributed by atoms with Gasteiger partial charge in [-0.25, -0.2) is 0 Å². The fourth-order valence-electron chi connectivity index (χ4n) is 3.43. The van der Waals surface area contributed by atoms with E-state index in [0.29, 0.717) is 25.3 Å². The van der Waals surface area contributed by atoms with Gasteiger partial charge in [-0.1, -0.05) is 18.2 Å². The number of allylic oxidation sites excluding steroid dienone is 1. The molecule has 0 aliphatic carbocycles. The molecule has 0 radical (unpaired) electrons. The zero-order valence-corrected chi connectivity index (χ0v) is 16.0. The molecule has 28 heavy (non-hydrogen) atoms. The number of hydrogen-bond acceptors (Lipinski definition) is 4. The van der Waals surface area contributed by atoms with E-state index in [0.717, 1.165) is 33.4 Å². The van der Waals surface area contributed by atoms with Crippen LogP contribution < -0.4 is 4.74 Å². The van der Waals surface area contributed by atoms with Crippen LogP contribution in [-0.2, 0) is 6.54 Å². The van der Waals surface area contributed by atoms with E-state index in [2.05, 4.69) is 15.2 Å². The van der Waals surface area contributed by atoms with E-state index in [1.54, 1.807) is 17.3 Å². The van der Waals surface area contributed by atoms with Gasteiger partial charge in [0, 0.05) is 36.3 Å². The van der Waals surface area contributed by atoms with Crippen LogP contribution in [0.1, 0.15) is 28.4 Å². The van der Waals surface area contributed by atoms with Crippen LogP contribution >= 0.6 is 0 Å². The SMILES string of the molecule is CCOc1ccc(C(=O)N(C)Cc2cccc3cn[nH]c23)cc1C1=CC=NC1. The highest BCUT2D eigenvalue weighted by Crippen LogP contribution is 2.29. The number of nitrogens with one attached hydrogen (secondary N) is 1. The van der Waals surface area contributed by atoms with Crippen molar-refractivity contribution in [1.29, 1.82) is 0 Å². The van der Waals surface area contributed by atoms with Crippen LogP contribution in [0.2, 0.25) is 0 Å².